The summed E-state index contributed by atoms with van der Waals surface area (Å²) in [4.78, 5) is 0. The molecule has 0 unspecified atom stereocenters. The number of aliphatic hydroxyl groups excluding tert-OH is 1. The van der Waals surface area contributed by atoms with Crippen LogP contribution in [0.25, 0.3) is 0 Å². The maximum Gasteiger partial charge on any atom is 0.513 e. The molecule has 0 aromatic carbocycles. The third kappa shape index (κ3) is 13.2. The second kappa shape index (κ2) is 8.46. The Kier molecular flexibility index (Phi) is 9.35. The zero-order valence-corrected chi connectivity index (χ0v) is 10.7. The molecule has 0 bridgehead atoms. The van der Waals surface area contributed by atoms with Gasteiger partial charge in [-0.15, -0.1) is 0 Å². The van der Waals surface area contributed by atoms with Gasteiger partial charge in [0.25, 0.3) is 0 Å². The van der Waals surface area contributed by atoms with Gasteiger partial charge in [0.15, 0.2) is 0 Å². The van der Waals surface area contributed by atoms with E-state index in [2.05, 4.69) is 52.9 Å². The van der Waals surface area contributed by atoms with Crippen molar-refractivity contribution in [2.45, 2.75) is 0 Å². The van der Waals surface area contributed by atoms with E-state index in [-0.39, 0.29) is 0 Å². The minimum atomic E-state index is -1.03. The average Bonchev–Trinajstić information content (AvgIpc) is 2.04. The molecule has 0 fully saturated rings. The second-order valence-electron chi connectivity index (χ2n) is 3.44. The second-order valence-corrected chi connectivity index (χ2v) is 4.40. The van der Waals surface area contributed by atoms with E-state index in [9.17, 15) is 0 Å². The highest BCUT2D eigenvalue weighted by molar-refractivity contribution is 7.65. The smallest absolute Gasteiger partial charge is 0.446 e. The third-order valence-corrected chi connectivity index (χ3v) is 1.74. The van der Waals surface area contributed by atoms with Crippen LogP contribution >= 0.6 is 0 Å². The molecule has 0 heterocycles. The molecular weight excluding hydrogens is 232 g/mol. The first kappa shape index (κ1) is 16.6. The van der Waals surface area contributed by atoms with Gasteiger partial charge in [-0.1, -0.05) is 13.2 Å². The summed E-state index contributed by atoms with van der Waals surface area (Å²) in [5.74, 6) is 0. The van der Waals surface area contributed by atoms with Crippen LogP contribution in [0.5, 0.6) is 0 Å². The molecular formula is C9H18N2O2S2. The summed E-state index contributed by atoms with van der Waals surface area (Å²) >= 11 is 8.03. The van der Waals surface area contributed by atoms with Crippen LogP contribution in [0.2, 0.25) is 0 Å². The van der Waals surface area contributed by atoms with Gasteiger partial charge in [-0.25, -0.2) is 0 Å². The van der Waals surface area contributed by atoms with Crippen molar-refractivity contribution >= 4 is 31.7 Å². The predicted molar refractivity (Wildman–Crippen MR) is 67.5 cm³/mol. The Hall–Kier alpha value is -0.850. The quantitative estimate of drug-likeness (QED) is 0.194. The number of rotatable bonds is 4. The van der Waals surface area contributed by atoms with Gasteiger partial charge in [0.05, 0.1) is 27.2 Å². The summed E-state index contributed by atoms with van der Waals surface area (Å²) in [6.07, 6.45) is 2.84. The summed E-state index contributed by atoms with van der Waals surface area (Å²) in [7, 11) is 4.31. The molecule has 0 saturated heterocycles. The zero-order valence-electron chi connectivity index (χ0n) is 9.09. The highest BCUT2D eigenvalue weighted by Gasteiger charge is 2.07. The highest BCUT2D eigenvalue weighted by Crippen LogP contribution is 1.95. The Balaban J connectivity index is 0. The minimum Gasteiger partial charge on any atom is -0.446 e. The number of hydrogen-bond acceptors (Lipinski definition) is 2. The van der Waals surface area contributed by atoms with Gasteiger partial charge in [-0.3, -0.25) is 0 Å². The molecule has 0 aromatic rings. The van der Waals surface area contributed by atoms with Crippen molar-refractivity contribution in [3.63, 3.8) is 0 Å². The first-order valence-corrected chi connectivity index (χ1v) is 4.93. The molecule has 88 valence electrons. The van der Waals surface area contributed by atoms with E-state index >= 15 is 0 Å². The largest absolute Gasteiger partial charge is 0.513 e. The molecule has 0 radical (unpaired) electrons. The number of hydrogen-bond donors (Lipinski definition) is 2. The molecule has 0 atom stereocenters. The molecule has 4 nitrogen and oxygen atoms in total. The highest BCUT2D eigenvalue weighted by atomic mass is 32.2. The predicted octanol–water partition coefficient (Wildman–Crippen LogP) is 0.830. The van der Waals surface area contributed by atoms with Crippen molar-refractivity contribution in [3.8, 4) is 0 Å². The van der Waals surface area contributed by atoms with E-state index in [4.69, 9.17) is 10.2 Å². The summed E-state index contributed by atoms with van der Waals surface area (Å²) in [6.45, 7) is 9.37. The van der Waals surface area contributed by atoms with Crippen LogP contribution < -0.4 is 0 Å². The Morgan fingerprint density at radius 1 is 1.20 bits per heavy atom. The topological polar surface area (TPSA) is 43.5 Å². The van der Waals surface area contributed by atoms with Crippen molar-refractivity contribution in [3.05, 3.63) is 25.3 Å². The van der Waals surface area contributed by atoms with Crippen LogP contribution in [0.4, 0.5) is 0 Å². The van der Waals surface area contributed by atoms with Crippen LogP contribution in [0.1, 0.15) is 0 Å². The van der Waals surface area contributed by atoms with Crippen molar-refractivity contribution < 1.29 is 18.1 Å². The molecule has 0 aromatic heterocycles. The molecule has 0 spiro atoms. The van der Waals surface area contributed by atoms with Gasteiger partial charge < -0.3 is 43.7 Å². The third-order valence-electron chi connectivity index (χ3n) is 1.41. The molecule has 6 heteroatoms. The van der Waals surface area contributed by atoms with E-state index in [0.29, 0.717) is 3.39 Å². The summed E-state index contributed by atoms with van der Waals surface area (Å²) in [5.41, 5.74) is 0. The number of likely N-dealkylation sites (N-methyl/N-ethyl adjacent to an activating group) is 1. The van der Waals surface area contributed by atoms with Gasteiger partial charge in [0.1, 0.15) is 0 Å². The fraction of sp³-hybridized carbons (Fsp3) is 0.444. The molecule has 0 rings (SSSR count). The van der Waals surface area contributed by atoms with E-state index in [0.717, 1.165) is 17.6 Å². The lowest BCUT2D eigenvalue weighted by Gasteiger charge is -2.26. The fourth-order valence-electron chi connectivity index (χ4n) is 0.774. The van der Waals surface area contributed by atoms with Crippen LogP contribution in [-0.2, 0) is 25.6 Å². The molecule has 0 aliphatic rings. The first-order valence-electron chi connectivity index (χ1n) is 4.20. The SMILES string of the molecule is C=CC[N+](C)(C)CC=C.OC(O)=[N+]([S-])[S-]. The molecule has 0 aliphatic heterocycles. The lowest BCUT2D eigenvalue weighted by Crippen LogP contribution is -2.39. The van der Waals surface area contributed by atoms with Gasteiger partial charge in [0.2, 0.25) is 0 Å². The number of quaternary nitrogens is 1. The Labute approximate surface area is 103 Å². The van der Waals surface area contributed by atoms with Gasteiger partial charge >= 0.3 is 6.08 Å². The van der Waals surface area contributed by atoms with Gasteiger partial charge in [0, 0.05) is 0 Å². The van der Waals surface area contributed by atoms with Crippen LogP contribution in [0, 0.1) is 0 Å². The Bertz CT molecular complexity index is 210. The van der Waals surface area contributed by atoms with Crippen molar-refractivity contribution in [1.29, 1.82) is 0 Å². The average molecular weight is 250 g/mol. The van der Waals surface area contributed by atoms with Crippen molar-refractivity contribution in [2.75, 3.05) is 27.2 Å². The lowest BCUT2D eigenvalue weighted by molar-refractivity contribution is -0.878. The van der Waals surface area contributed by atoms with Crippen LogP contribution in [0.15, 0.2) is 25.3 Å². The van der Waals surface area contributed by atoms with E-state index in [1.54, 1.807) is 0 Å². The standard InChI is InChI=1S/C8H16N.CH2NO2S2/c1-5-7-9(3,4)8-6-2;3-1(4)2(5)6/h5-6H,1-2,7-8H2,3-4H3;(H2-,3,4,5,6)/q+1;-1. The van der Waals surface area contributed by atoms with E-state index in [1.807, 2.05) is 12.2 Å². The molecule has 0 aliphatic carbocycles. The summed E-state index contributed by atoms with van der Waals surface area (Å²) < 4.78 is 1.31. The minimum absolute atomic E-state index is 0.361. The zero-order chi connectivity index (χ0) is 12.5. The summed E-state index contributed by atoms with van der Waals surface area (Å²) in [5, 5.41) is 15.6. The normalized spacial score (nSPS) is 9.47. The lowest BCUT2D eigenvalue weighted by atomic mass is 10.4. The maximum atomic E-state index is 7.82. The maximum absolute atomic E-state index is 7.82. The summed E-state index contributed by atoms with van der Waals surface area (Å²) in [6, 6.07) is 0. The molecule has 0 amide bonds. The number of nitrogens with zero attached hydrogens (tertiary/aromatic N) is 2. The van der Waals surface area contributed by atoms with Crippen molar-refractivity contribution in [1.82, 2.24) is 0 Å². The van der Waals surface area contributed by atoms with Crippen LogP contribution in [-0.4, -0.2) is 51.4 Å². The first-order chi connectivity index (χ1) is 6.76. The Morgan fingerprint density at radius 2 is 1.47 bits per heavy atom. The van der Waals surface area contributed by atoms with Crippen molar-refractivity contribution in [2.24, 2.45) is 0 Å². The fourth-order valence-corrected chi connectivity index (χ4v) is 0.774. The van der Waals surface area contributed by atoms with E-state index < -0.39 is 6.08 Å². The molecule has 2 N–H and O–H groups in total. The molecule has 15 heavy (non-hydrogen) atoms. The van der Waals surface area contributed by atoms with Gasteiger partial charge in [-0.05, 0) is 12.2 Å². The number of aliphatic hydroxyl groups is 2. The van der Waals surface area contributed by atoms with Gasteiger partial charge in [-0.2, -0.15) is 0 Å². The monoisotopic (exact) mass is 250 g/mol. The van der Waals surface area contributed by atoms with E-state index in [1.165, 1.54) is 0 Å². The Morgan fingerprint density at radius 3 is 1.60 bits per heavy atom. The molecule has 0 saturated carbocycles. The van der Waals surface area contributed by atoms with Crippen LogP contribution in [0.3, 0.4) is 0 Å².